The Hall–Kier alpha value is -2.37. The lowest BCUT2D eigenvalue weighted by atomic mass is 9.88. The topological polar surface area (TPSA) is 81.8 Å². The van der Waals surface area contributed by atoms with Crippen LogP contribution in [0.5, 0.6) is 0 Å². The van der Waals surface area contributed by atoms with E-state index in [0.717, 1.165) is 29.7 Å². The van der Waals surface area contributed by atoms with Crippen LogP contribution in [0.4, 0.5) is 5.69 Å². The molecular formula is C21H27NO4. The highest BCUT2D eigenvalue weighted by Crippen LogP contribution is 2.29. The number of ether oxygens (including phenoxy) is 2. The van der Waals surface area contributed by atoms with Crippen LogP contribution in [0, 0.1) is 0 Å². The monoisotopic (exact) mass is 357 g/mol. The first kappa shape index (κ1) is 19.9. The second kappa shape index (κ2) is 9.94. The molecule has 2 atom stereocenters. The third kappa shape index (κ3) is 5.07. The van der Waals surface area contributed by atoms with Crippen LogP contribution in [0.15, 0.2) is 48.5 Å². The van der Waals surface area contributed by atoms with E-state index in [1.807, 2.05) is 42.5 Å². The van der Waals surface area contributed by atoms with Crippen LogP contribution in [0.1, 0.15) is 36.1 Å². The first-order chi connectivity index (χ1) is 12.6. The molecule has 0 unspecified atom stereocenters. The molecule has 3 N–H and O–H groups in total. The van der Waals surface area contributed by atoms with Gasteiger partial charge in [0.2, 0.25) is 0 Å². The Morgan fingerprint density at radius 3 is 2.58 bits per heavy atom. The molecule has 0 radical (unpaired) electrons. The van der Waals surface area contributed by atoms with Gasteiger partial charge < -0.3 is 20.3 Å². The molecule has 0 spiro atoms. The number of anilines is 1. The lowest BCUT2D eigenvalue weighted by Crippen LogP contribution is -2.29. The molecular weight excluding hydrogens is 330 g/mol. The van der Waals surface area contributed by atoms with E-state index in [2.05, 4.69) is 6.07 Å². The van der Waals surface area contributed by atoms with Crippen molar-refractivity contribution in [3.63, 3.8) is 0 Å². The Bertz CT molecular complexity index is 702. The van der Waals surface area contributed by atoms with Crippen molar-refractivity contribution in [2.75, 3.05) is 19.5 Å². The summed E-state index contributed by atoms with van der Waals surface area (Å²) in [5.41, 5.74) is 9.98. The number of aryl methyl sites for hydroxylation is 1. The first-order valence-corrected chi connectivity index (χ1v) is 8.86. The van der Waals surface area contributed by atoms with E-state index in [-0.39, 0.29) is 18.7 Å². The van der Waals surface area contributed by atoms with E-state index >= 15 is 0 Å². The SMILES string of the molecule is CCO.CO[C@@H](C(=O)O[C@H]1CCc2cccc(N)c2C1)c1ccccc1. The van der Waals surface area contributed by atoms with Crippen molar-refractivity contribution in [1.82, 2.24) is 0 Å². The summed E-state index contributed by atoms with van der Waals surface area (Å²) in [5, 5.41) is 7.57. The molecule has 0 bridgehead atoms. The van der Waals surface area contributed by atoms with Crippen molar-refractivity contribution in [2.24, 2.45) is 0 Å². The van der Waals surface area contributed by atoms with Gasteiger partial charge in [0, 0.05) is 25.8 Å². The number of nitrogen functional groups attached to an aromatic ring is 1. The fourth-order valence-corrected chi connectivity index (χ4v) is 3.11. The van der Waals surface area contributed by atoms with E-state index in [4.69, 9.17) is 20.3 Å². The highest BCUT2D eigenvalue weighted by molar-refractivity contribution is 5.76. The number of fused-ring (bicyclic) bond motifs is 1. The highest BCUT2D eigenvalue weighted by Gasteiger charge is 2.28. The van der Waals surface area contributed by atoms with Gasteiger partial charge in [-0.3, -0.25) is 0 Å². The molecule has 0 heterocycles. The Kier molecular flexibility index (Phi) is 7.63. The van der Waals surface area contributed by atoms with Gasteiger partial charge in [-0.15, -0.1) is 0 Å². The standard InChI is InChI=1S/C19H21NO3.C2H6O/c1-22-18(14-6-3-2-4-7-14)19(21)23-15-11-10-13-8-5-9-17(20)16(13)12-15;1-2-3/h2-9,15,18H,10-12,20H2,1H3;3H,2H2,1H3/t15-,18+;/m0./s1. The minimum atomic E-state index is -0.689. The van der Waals surface area contributed by atoms with Crippen LogP contribution in [0.3, 0.4) is 0 Å². The maximum Gasteiger partial charge on any atom is 0.340 e. The molecule has 2 aromatic rings. The number of rotatable bonds is 4. The number of esters is 1. The number of benzene rings is 2. The molecule has 0 saturated heterocycles. The zero-order valence-corrected chi connectivity index (χ0v) is 15.4. The third-order valence-electron chi connectivity index (χ3n) is 4.31. The summed E-state index contributed by atoms with van der Waals surface area (Å²) in [6.07, 6.45) is 1.51. The quantitative estimate of drug-likeness (QED) is 0.649. The number of carbonyl (C=O) groups excluding carboxylic acids is 1. The largest absolute Gasteiger partial charge is 0.460 e. The normalized spacial score (nSPS) is 16.7. The maximum absolute atomic E-state index is 12.5. The van der Waals surface area contributed by atoms with Crippen LogP contribution in [0.25, 0.3) is 0 Å². The average Bonchev–Trinajstić information content (AvgIpc) is 2.65. The first-order valence-electron chi connectivity index (χ1n) is 8.86. The lowest BCUT2D eigenvalue weighted by Gasteiger charge is -2.27. The predicted molar refractivity (Wildman–Crippen MR) is 102 cm³/mol. The molecule has 1 aliphatic carbocycles. The number of nitrogens with two attached hydrogens (primary N) is 1. The van der Waals surface area contributed by atoms with Gasteiger partial charge in [-0.2, -0.15) is 0 Å². The van der Waals surface area contributed by atoms with Crippen molar-refractivity contribution in [3.05, 3.63) is 65.2 Å². The Morgan fingerprint density at radius 1 is 1.23 bits per heavy atom. The molecule has 5 heteroatoms. The minimum Gasteiger partial charge on any atom is -0.460 e. The molecule has 26 heavy (non-hydrogen) atoms. The summed E-state index contributed by atoms with van der Waals surface area (Å²) < 4.78 is 11.0. The molecule has 2 aromatic carbocycles. The van der Waals surface area contributed by atoms with Gasteiger partial charge in [-0.25, -0.2) is 4.79 Å². The molecule has 0 aliphatic heterocycles. The summed E-state index contributed by atoms with van der Waals surface area (Å²) in [4.78, 5) is 12.5. The van der Waals surface area contributed by atoms with Gasteiger partial charge >= 0.3 is 5.97 Å². The highest BCUT2D eigenvalue weighted by atomic mass is 16.6. The van der Waals surface area contributed by atoms with Crippen molar-refractivity contribution >= 4 is 11.7 Å². The van der Waals surface area contributed by atoms with Gasteiger partial charge in [-0.1, -0.05) is 42.5 Å². The van der Waals surface area contributed by atoms with Gasteiger partial charge in [0.25, 0.3) is 0 Å². The van der Waals surface area contributed by atoms with E-state index in [0.29, 0.717) is 6.42 Å². The van der Waals surface area contributed by atoms with Crippen LogP contribution < -0.4 is 5.73 Å². The Labute approximate surface area is 154 Å². The van der Waals surface area contributed by atoms with Crippen LogP contribution in [-0.2, 0) is 27.1 Å². The van der Waals surface area contributed by atoms with E-state index in [1.165, 1.54) is 12.7 Å². The van der Waals surface area contributed by atoms with Crippen LogP contribution in [-0.4, -0.2) is 30.9 Å². The summed E-state index contributed by atoms with van der Waals surface area (Å²) in [5.74, 6) is -0.346. The zero-order chi connectivity index (χ0) is 18.9. The average molecular weight is 357 g/mol. The molecule has 0 amide bonds. The van der Waals surface area contributed by atoms with Gasteiger partial charge in [0.15, 0.2) is 6.10 Å². The maximum atomic E-state index is 12.5. The second-order valence-corrected chi connectivity index (χ2v) is 6.13. The molecule has 140 valence electrons. The molecule has 3 rings (SSSR count). The molecule has 0 aromatic heterocycles. The van der Waals surface area contributed by atoms with Crippen LogP contribution in [0.2, 0.25) is 0 Å². The van der Waals surface area contributed by atoms with Gasteiger partial charge in [0.05, 0.1) is 0 Å². The summed E-state index contributed by atoms with van der Waals surface area (Å²) in [7, 11) is 1.52. The summed E-state index contributed by atoms with van der Waals surface area (Å²) in [6.45, 7) is 1.93. The minimum absolute atomic E-state index is 0.152. The summed E-state index contributed by atoms with van der Waals surface area (Å²) in [6, 6.07) is 15.3. The fraction of sp³-hybridized carbons (Fsp3) is 0.381. The number of carbonyl (C=O) groups is 1. The van der Waals surface area contributed by atoms with Crippen molar-refractivity contribution < 1.29 is 19.4 Å². The lowest BCUT2D eigenvalue weighted by molar-refractivity contribution is -0.162. The van der Waals surface area contributed by atoms with Crippen molar-refractivity contribution in [1.29, 1.82) is 0 Å². The number of hydrogen-bond acceptors (Lipinski definition) is 5. The van der Waals surface area contributed by atoms with E-state index < -0.39 is 6.10 Å². The van der Waals surface area contributed by atoms with Crippen LogP contribution >= 0.6 is 0 Å². The zero-order valence-electron chi connectivity index (χ0n) is 15.4. The van der Waals surface area contributed by atoms with E-state index in [9.17, 15) is 4.79 Å². The smallest absolute Gasteiger partial charge is 0.340 e. The third-order valence-corrected chi connectivity index (χ3v) is 4.31. The molecule has 5 nitrogen and oxygen atoms in total. The van der Waals surface area contributed by atoms with Crippen molar-refractivity contribution in [3.8, 4) is 0 Å². The number of aliphatic hydroxyl groups is 1. The fourth-order valence-electron chi connectivity index (χ4n) is 3.11. The molecule has 1 aliphatic rings. The number of hydrogen-bond donors (Lipinski definition) is 2. The number of aliphatic hydroxyl groups excluding tert-OH is 1. The molecule has 0 fully saturated rings. The van der Waals surface area contributed by atoms with E-state index in [1.54, 1.807) is 6.92 Å². The second-order valence-electron chi connectivity index (χ2n) is 6.13. The number of methoxy groups -OCH3 is 1. The van der Waals surface area contributed by atoms with Gasteiger partial charge in [0.1, 0.15) is 6.10 Å². The Balaban J connectivity index is 0.000000758. The molecule has 0 saturated carbocycles. The van der Waals surface area contributed by atoms with Crippen molar-refractivity contribution in [2.45, 2.75) is 38.4 Å². The van der Waals surface area contributed by atoms with Gasteiger partial charge in [-0.05, 0) is 42.5 Å². The summed E-state index contributed by atoms with van der Waals surface area (Å²) >= 11 is 0. The predicted octanol–water partition coefficient (Wildman–Crippen LogP) is 3.06. The Morgan fingerprint density at radius 2 is 1.92 bits per heavy atom.